The van der Waals surface area contributed by atoms with Gasteiger partial charge in [0, 0.05) is 6.04 Å². The van der Waals surface area contributed by atoms with Gasteiger partial charge in [-0.05, 0) is 20.3 Å². The first-order valence-corrected chi connectivity index (χ1v) is 4.41. The van der Waals surface area contributed by atoms with E-state index in [9.17, 15) is 9.59 Å². The molecule has 3 heteroatoms. The molecule has 1 rings (SSSR count). The third kappa shape index (κ3) is 1.36. The number of hydrogen-bond donors (Lipinski definition) is 0. The zero-order valence-electron chi connectivity index (χ0n) is 7.83. The van der Waals surface area contributed by atoms with Crippen molar-refractivity contribution >= 4 is 11.7 Å². The van der Waals surface area contributed by atoms with Gasteiger partial charge in [0.2, 0.25) is 5.91 Å². The second-order valence-electron chi connectivity index (χ2n) is 3.49. The Hall–Kier alpha value is -0.860. The highest BCUT2D eigenvalue weighted by Gasteiger charge is 2.38. The van der Waals surface area contributed by atoms with E-state index < -0.39 is 0 Å². The Bertz CT molecular complexity index is 211. The number of carbonyl (C=O) groups excluding carboxylic acids is 2. The van der Waals surface area contributed by atoms with Gasteiger partial charge < -0.3 is 4.90 Å². The molecule has 0 bridgehead atoms. The van der Waals surface area contributed by atoms with Gasteiger partial charge in [-0.1, -0.05) is 6.92 Å². The summed E-state index contributed by atoms with van der Waals surface area (Å²) in [4.78, 5) is 24.4. The van der Waals surface area contributed by atoms with Gasteiger partial charge in [-0.15, -0.1) is 0 Å². The summed E-state index contributed by atoms with van der Waals surface area (Å²) in [5.41, 5.74) is 0. The molecule has 0 aromatic carbocycles. The molecule has 1 saturated heterocycles. The van der Waals surface area contributed by atoms with Gasteiger partial charge in [0.05, 0.1) is 12.5 Å². The van der Waals surface area contributed by atoms with Crippen LogP contribution in [0.4, 0.5) is 0 Å². The number of rotatable bonds is 2. The minimum absolute atomic E-state index is 0.0116. The lowest BCUT2D eigenvalue weighted by atomic mass is 10.0. The summed E-state index contributed by atoms with van der Waals surface area (Å²) in [7, 11) is 0. The van der Waals surface area contributed by atoms with E-state index in [4.69, 9.17) is 0 Å². The molecule has 1 heterocycles. The maximum absolute atomic E-state index is 11.5. The van der Waals surface area contributed by atoms with Crippen molar-refractivity contribution in [2.24, 2.45) is 5.92 Å². The predicted octanol–water partition coefficient (Wildman–Crippen LogP) is 0.832. The molecule has 1 atom stereocenters. The Labute approximate surface area is 72.7 Å². The number of ketones is 1. The van der Waals surface area contributed by atoms with Crippen LogP contribution < -0.4 is 0 Å². The highest BCUT2D eigenvalue weighted by molar-refractivity contribution is 6.08. The van der Waals surface area contributed by atoms with Gasteiger partial charge >= 0.3 is 0 Å². The van der Waals surface area contributed by atoms with Crippen LogP contribution in [0.15, 0.2) is 0 Å². The summed E-state index contributed by atoms with van der Waals surface area (Å²) < 4.78 is 0. The lowest BCUT2D eigenvalue weighted by Crippen LogP contribution is -2.33. The van der Waals surface area contributed by atoms with Crippen molar-refractivity contribution in [2.75, 3.05) is 6.54 Å². The van der Waals surface area contributed by atoms with Crippen LogP contribution in [-0.4, -0.2) is 29.2 Å². The molecule has 68 valence electrons. The summed E-state index contributed by atoms with van der Waals surface area (Å²) in [6, 6.07) is 0.151. The van der Waals surface area contributed by atoms with E-state index in [0.717, 1.165) is 0 Å². The summed E-state index contributed by atoms with van der Waals surface area (Å²) >= 11 is 0. The predicted molar refractivity (Wildman–Crippen MR) is 45.6 cm³/mol. The smallest absolute Gasteiger partial charge is 0.233 e. The van der Waals surface area contributed by atoms with Gasteiger partial charge in [-0.25, -0.2) is 0 Å². The first-order chi connectivity index (χ1) is 5.57. The molecule has 1 unspecified atom stereocenters. The maximum Gasteiger partial charge on any atom is 0.233 e. The monoisotopic (exact) mass is 169 g/mol. The number of hydrogen-bond acceptors (Lipinski definition) is 2. The van der Waals surface area contributed by atoms with Gasteiger partial charge in [0.1, 0.15) is 0 Å². The molecule has 0 saturated carbocycles. The lowest BCUT2D eigenvalue weighted by molar-refractivity contribution is -0.133. The van der Waals surface area contributed by atoms with Crippen LogP contribution in [0.3, 0.4) is 0 Å². The fourth-order valence-corrected chi connectivity index (χ4v) is 1.53. The van der Waals surface area contributed by atoms with E-state index in [0.29, 0.717) is 13.0 Å². The topological polar surface area (TPSA) is 37.4 Å². The van der Waals surface area contributed by atoms with E-state index in [1.807, 2.05) is 20.8 Å². The highest BCUT2D eigenvalue weighted by atomic mass is 16.2. The summed E-state index contributed by atoms with van der Waals surface area (Å²) in [5.74, 6) is -0.263. The Balaban J connectivity index is 2.75. The lowest BCUT2D eigenvalue weighted by Gasteiger charge is -2.19. The van der Waals surface area contributed by atoms with Crippen LogP contribution in [0, 0.1) is 5.92 Å². The molecule has 0 aromatic heterocycles. The number of nitrogens with zero attached hydrogens (tertiary/aromatic N) is 1. The highest BCUT2D eigenvalue weighted by Crippen LogP contribution is 2.19. The van der Waals surface area contributed by atoms with Gasteiger partial charge in [-0.2, -0.15) is 0 Å². The van der Waals surface area contributed by atoms with E-state index in [2.05, 4.69) is 0 Å². The van der Waals surface area contributed by atoms with E-state index >= 15 is 0 Å². The van der Waals surface area contributed by atoms with Crippen LogP contribution in [0.25, 0.3) is 0 Å². The molecule has 0 aliphatic carbocycles. The van der Waals surface area contributed by atoms with Crippen molar-refractivity contribution in [3.05, 3.63) is 0 Å². The standard InChI is InChI=1S/C9H15NO2/c1-4-7-8(11)5-10(6(2)3)9(7)12/h6-7H,4-5H2,1-3H3. The molecule has 1 aliphatic rings. The SMILES string of the molecule is CCC1C(=O)CN(C(C)C)C1=O. The molecule has 12 heavy (non-hydrogen) atoms. The van der Waals surface area contributed by atoms with Crippen molar-refractivity contribution in [1.82, 2.24) is 4.90 Å². The Morgan fingerprint density at radius 2 is 2.08 bits per heavy atom. The number of amides is 1. The van der Waals surface area contributed by atoms with Crippen LogP contribution >= 0.6 is 0 Å². The molecule has 0 radical (unpaired) electrons. The van der Waals surface area contributed by atoms with Gasteiger partial charge in [0.25, 0.3) is 0 Å². The second kappa shape index (κ2) is 3.25. The average Bonchev–Trinajstić information content (AvgIpc) is 2.27. The fourth-order valence-electron chi connectivity index (χ4n) is 1.53. The number of likely N-dealkylation sites (tertiary alicyclic amines) is 1. The average molecular weight is 169 g/mol. The van der Waals surface area contributed by atoms with Crippen molar-refractivity contribution in [3.63, 3.8) is 0 Å². The molecule has 0 aromatic rings. The van der Waals surface area contributed by atoms with Gasteiger partial charge in [0.15, 0.2) is 5.78 Å². The van der Waals surface area contributed by atoms with Gasteiger partial charge in [-0.3, -0.25) is 9.59 Å². The largest absolute Gasteiger partial charge is 0.332 e. The van der Waals surface area contributed by atoms with Crippen molar-refractivity contribution in [1.29, 1.82) is 0 Å². The van der Waals surface area contributed by atoms with Crippen LogP contribution in [-0.2, 0) is 9.59 Å². The summed E-state index contributed by atoms with van der Waals surface area (Å²) in [6.07, 6.45) is 0.640. The first-order valence-electron chi connectivity index (χ1n) is 4.41. The first kappa shape index (κ1) is 9.23. The summed E-state index contributed by atoms with van der Waals surface area (Å²) in [5, 5.41) is 0. The molecule has 1 amide bonds. The molecule has 1 aliphatic heterocycles. The molecular formula is C9H15NO2. The van der Waals surface area contributed by atoms with Crippen LogP contribution in [0.1, 0.15) is 27.2 Å². The van der Waals surface area contributed by atoms with Crippen molar-refractivity contribution in [3.8, 4) is 0 Å². The van der Waals surface area contributed by atoms with Crippen LogP contribution in [0.5, 0.6) is 0 Å². The minimum atomic E-state index is -0.354. The van der Waals surface area contributed by atoms with Crippen LogP contribution in [0.2, 0.25) is 0 Å². The molecule has 3 nitrogen and oxygen atoms in total. The minimum Gasteiger partial charge on any atom is -0.332 e. The third-order valence-electron chi connectivity index (χ3n) is 2.33. The molecule has 1 fully saturated rings. The Morgan fingerprint density at radius 3 is 2.33 bits per heavy atom. The number of Topliss-reactive ketones (excluding diaryl/α,β-unsaturated/α-hetero) is 1. The Morgan fingerprint density at radius 1 is 1.50 bits per heavy atom. The number of carbonyl (C=O) groups is 2. The van der Waals surface area contributed by atoms with E-state index in [1.165, 1.54) is 0 Å². The van der Waals surface area contributed by atoms with Crippen molar-refractivity contribution in [2.45, 2.75) is 33.2 Å². The van der Waals surface area contributed by atoms with Crippen molar-refractivity contribution < 1.29 is 9.59 Å². The van der Waals surface area contributed by atoms with E-state index in [-0.39, 0.29) is 23.7 Å². The fraction of sp³-hybridized carbons (Fsp3) is 0.778. The zero-order valence-corrected chi connectivity index (χ0v) is 7.83. The summed E-state index contributed by atoms with van der Waals surface area (Å²) in [6.45, 7) is 6.06. The molecule has 0 spiro atoms. The maximum atomic E-state index is 11.5. The molecule has 0 N–H and O–H groups in total. The third-order valence-corrected chi connectivity index (χ3v) is 2.33. The normalized spacial score (nSPS) is 24.3. The second-order valence-corrected chi connectivity index (χ2v) is 3.49. The quantitative estimate of drug-likeness (QED) is 0.574. The van der Waals surface area contributed by atoms with E-state index in [1.54, 1.807) is 4.90 Å². The Kier molecular flexibility index (Phi) is 2.50. The zero-order chi connectivity index (χ0) is 9.30. The molecular weight excluding hydrogens is 154 g/mol.